The molecule has 1 aliphatic carbocycles. The molecule has 1 aromatic carbocycles. The van der Waals surface area contributed by atoms with Crippen LogP contribution >= 0.6 is 23.4 Å². The maximum Gasteiger partial charge on any atom is 0.0705 e. The van der Waals surface area contributed by atoms with Gasteiger partial charge in [0.2, 0.25) is 0 Å². The van der Waals surface area contributed by atoms with E-state index in [4.69, 9.17) is 11.6 Å². The van der Waals surface area contributed by atoms with E-state index in [0.29, 0.717) is 5.92 Å². The summed E-state index contributed by atoms with van der Waals surface area (Å²) >= 11 is 8.11. The first-order valence-electron chi connectivity index (χ1n) is 8.16. The van der Waals surface area contributed by atoms with Crippen LogP contribution in [0.4, 0.5) is 0 Å². The number of hydrogen-bond donors (Lipinski definition) is 0. The third kappa shape index (κ3) is 3.99. The first kappa shape index (κ1) is 16.6. The monoisotopic (exact) mass is 343 g/mol. The predicted octanol–water partition coefficient (Wildman–Crippen LogP) is 6.39. The molecule has 0 radical (unpaired) electrons. The predicted molar refractivity (Wildman–Crippen MR) is 101 cm³/mol. The summed E-state index contributed by atoms with van der Waals surface area (Å²) < 4.78 is 0. The van der Waals surface area contributed by atoms with Gasteiger partial charge in [-0.25, -0.2) is 0 Å². The van der Waals surface area contributed by atoms with Crippen molar-refractivity contribution in [3.05, 3.63) is 64.4 Å². The Morgan fingerprint density at radius 1 is 1.22 bits per heavy atom. The number of nitrogens with zero attached hydrogens (tertiary/aromatic N) is 1. The van der Waals surface area contributed by atoms with Crippen molar-refractivity contribution in [3.63, 3.8) is 0 Å². The van der Waals surface area contributed by atoms with E-state index in [9.17, 15) is 0 Å². The summed E-state index contributed by atoms with van der Waals surface area (Å²) in [6.45, 7) is 2.07. The van der Waals surface area contributed by atoms with Gasteiger partial charge in [-0.1, -0.05) is 42.7 Å². The molecule has 3 heteroatoms. The smallest absolute Gasteiger partial charge is 0.0705 e. The molecule has 0 atom stereocenters. The van der Waals surface area contributed by atoms with Gasteiger partial charge >= 0.3 is 0 Å². The van der Waals surface area contributed by atoms with E-state index in [1.807, 2.05) is 6.20 Å². The molecule has 0 bridgehead atoms. The molecule has 0 spiro atoms. The van der Waals surface area contributed by atoms with E-state index in [1.165, 1.54) is 36.8 Å². The third-order valence-corrected chi connectivity index (χ3v) is 5.67. The minimum atomic E-state index is 0.659. The highest BCUT2D eigenvalue weighted by molar-refractivity contribution is 7.98. The average molecular weight is 344 g/mol. The summed E-state index contributed by atoms with van der Waals surface area (Å²) in [6.07, 6.45) is 11.6. The van der Waals surface area contributed by atoms with Gasteiger partial charge in [0.05, 0.1) is 10.7 Å². The molecule has 1 saturated carbocycles. The number of allylic oxidation sites excluding steroid dienone is 1. The van der Waals surface area contributed by atoms with Gasteiger partial charge in [0, 0.05) is 16.7 Å². The van der Waals surface area contributed by atoms with Gasteiger partial charge in [0.15, 0.2) is 0 Å². The Morgan fingerprint density at radius 3 is 2.61 bits per heavy atom. The molecule has 3 rings (SSSR count). The number of hydrogen-bond acceptors (Lipinski definition) is 2. The zero-order valence-corrected chi connectivity index (χ0v) is 15.3. The molecule has 1 aliphatic rings. The lowest BCUT2D eigenvalue weighted by atomic mass is 9.96. The highest BCUT2D eigenvalue weighted by Gasteiger charge is 2.16. The Morgan fingerprint density at radius 2 is 2.00 bits per heavy atom. The molecule has 1 aromatic heterocycles. The summed E-state index contributed by atoms with van der Waals surface area (Å²) in [7, 11) is 0. The van der Waals surface area contributed by atoms with Gasteiger partial charge in [-0.2, -0.15) is 0 Å². The summed E-state index contributed by atoms with van der Waals surface area (Å²) in [5, 5.41) is 0.819. The molecule has 120 valence electrons. The fourth-order valence-electron chi connectivity index (χ4n) is 3.15. The molecule has 1 nitrogen and oxygen atoms in total. The number of aryl methyl sites for hydroxylation is 1. The Balaban J connectivity index is 2.04. The van der Waals surface area contributed by atoms with E-state index >= 15 is 0 Å². The van der Waals surface area contributed by atoms with E-state index in [0.717, 1.165) is 21.2 Å². The number of pyridine rings is 1. The second-order valence-corrected chi connectivity index (χ2v) is 7.45. The molecule has 2 aromatic rings. The van der Waals surface area contributed by atoms with E-state index < -0.39 is 0 Å². The Labute approximate surface area is 148 Å². The van der Waals surface area contributed by atoms with Gasteiger partial charge in [0.25, 0.3) is 0 Å². The first-order valence-corrected chi connectivity index (χ1v) is 9.76. The van der Waals surface area contributed by atoms with E-state index in [1.54, 1.807) is 11.8 Å². The zero-order chi connectivity index (χ0) is 16.2. The number of benzene rings is 1. The Hall–Kier alpha value is -1.25. The van der Waals surface area contributed by atoms with Gasteiger partial charge in [-0.15, -0.1) is 11.8 Å². The minimum absolute atomic E-state index is 0.659. The van der Waals surface area contributed by atoms with Crippen LogP contribution in [0, 0.1) is 12.8 Å². The van der Waals surface area contributed by atoms with E-state index in [2.05, 4.69) is 54.6 Å². The van der Waals surface area contributed by atoms with Crippen LogP contribution < -0.4 is 0 Å². The van der Waals surface area contributed by atoms with Gasteiger partial charge in [0.1, 0.15) is 0 Å². The second-order valence-electron chi connectivity index (χ2n) is 6.19. The minimum Gasteiger partial charge on any atom is -0.256 e. The van der Waals surface area contributed by atoms with Crippen LogP contribution in [-0.2, 0) is 0 Å². The van der Waals surface area contributed by atoms with Crippen LogP contribution in [0.2, 0.25) is 5.02 Å². The van der Waals surface area contributed by atoms with Crippen molar-refractivity contribution in [2.24, 2.45) is 5.92 Å². The quantitative estimate of drug-likeness (QED) is 0.597. The van der Waals surface area contributed by atoms with Crippen molar-refractivity contribution in [1.29, 1.82) is 0 Å². The Kier molecular flexibility index (Phi) is 5.45. The lowest BCUT2D eigenvalue weighted by molar-refractivity contribution is 0.687. The van der Waals surface area contributed by atoms with Crippen LogP contribution in [0.1, 0.15) is 42.5 Å². The normalized spacial score (nSPS) is 16.0. The van der Waals surface area contributed by atoms with Crippen molar-refractivity contribution in [3.8, 4) is 0 Å². The number of halogens is 1. The van der Waals surface area contributed by atoms with Crippen LogP contribution in [-0.4, -0.2) is 11.2 Å². The SMILES string of the molecule is CSc1ccc(/C(=C\C2CCCC2)c2ccc(C)cn2)cc1Cl. The van der Waals surface area contributed by atoms with Gasteiger partial charge in [-0.3, -0.25) is 4.98 Å². The molecular weight excluding hydrogens is 322 g/mol. The topological polar surface area (TPSA) is 12.9 Å². The van der Waals surface area contributed by atoms with Crippen molar-refractivity contribution >= 4 is 28.9 Å². The number of rotatable bonds is 4. The summed E-state index contributed by atoms with van der Waals surface area (Å²) in [5.74, 6) is 0.659. The van der Waals surface area contributed by atoms with Gasteiger partial charge in [-0.05, 0) is 61.3 Å². The lowest BCUT2D eigenvalue weighted by Gasteiger charge is -2.13. The molecule has 0 aliphatic heterocycles. The van der Waals surface area contributed by atoms with Gasteiger partial charge < -0.3 is 0 Å². The fraction of sp³-hybridized carbons (Fsp3) is 0.350. The number of thioether (sulfide) groups is 1. The zero-order valence-electron chi connectivity index (χ0n) is 13.7. The largest absolute Gasteiger partial charge is 0.256 e. The lowest BCUT2D eigenvalue weighted by Crippen LogP contribution is -1.97. The first-order chi connectivity index (χ1) is 11.2. The second kappa shape index (κ2) is 7.55. The highest BCUT2D eigenvalue weighted by atomic mass is 35.5. The summed E-state index contributed by atoms with van der Waals surface area (Å²) in [6, 6.07) is 10.6. The third-order valence-electron chi connectivity index (χ3n) is 4.45. The molecule has 23 heavy (non-hydrogen) atoms. The molecule has 0 amide bonds. The number of aromatic nitrogens is 1. The molecule has 0 unspecified atom stereocenters. The van der Waals surface area contributed by atoms with Crippen molar-refractivity contribution in [1.82, 2.24) is 4.98 Å². The van der Waals surface area contributed by atoms with Crippen LogP contribution in [0.25, 0.3) is 5.57 Å². The van der Waals surface area contributed by atoms with Crippen LogP contribution in [0.5, 0.6) is 0 Å². The maximum absolute atomic E-state index is 6.43. The molecule has 1 fully saturated rings. The standard InChI is InChI=1S/C20H22ClNS/c1-14-7-9-19(22-13-14)17(11-15-5-3-4-6-15)16-8-10-20(23-2)18(21)12-16/h7-13,15H,3-6H2,1-2H3/b17-11+. The van der Waals surface area contributed by atoms with E-state index in [-0.39, 0.29) is 0 Å². The molecule has 0 saturated heterocycles. The summed E-state index contributed by atoms with van der Waals surface area (Å²) in [4.78, 5) is 5.77. The van der Waals surface area contributed by atoms with Crippen molar-refractivity contribution < 1.29 is 0 Å². The average Bonchev–Trinajstić information content (AvgIpc) is 3.07. The molecule has 0 N–H and O–H groups in total. The van der Waals surface area contributed by atoms with Crippen LogP contribution in [0.3, 0.4) is 0 Å². The van der Waals surface area contributed by atoms with Crippen molar-refractivity contribution in [2.75, 3.05) is 6.26 Å². The Bertz CT molecular complexity index is 700. The fourth-order valence-corrected chi connectivity index (χ4v) is 4.02. The van der Waals surface area contributed by atoms with Crippen LogP contribution in [0.15, 0.2) is 47.5 Å². The molecule has 1 heterocycles. The van der Waals surface area contributed by atoms with Crippen molar-refractivity contribution in [2.45, 2.75) is 37.5 Å². The summed E-state index contributed by atoms with van der Waals surface area (Å²) in [5.41, 5.74) is 4.60. The highest BCUT2D eigenvalue weighted by Crippen LogP contribution is 2.34. The molecular formula is C20H22ClNS. The maximum atomic E-state index is 6.43.